The van der Waals surface area contributed by atoms with Gasteiger partial charge in [0, 0.05) is 37.8 Å². The van der Waals surface area contributed by atoms with E-state index in [1.807, 2.05) is 13.1 Å². The third kappa shape index (κ3) is 7.66. The van der Waals surface area contributed by atoms with Gasteiger partial charge >= 0.3 is 12.2 Å². The van der Waals surface area contributed by atoms with Crippen molar-refractivity contribution >= 4 is 29.7 Å². The highest BCUT2D eigenvalue weighted by molar-refractivity contribution is 5.70. The molecule has 2 aromatic rings. The number of hydrogen-bond acceptors (Lipinski definition) is 10. The number of halogens is 1. The third-order valence-electron chi connectivity index (χ3n) is 6.95. The maximum absolute atomic E-state index is 14.9. The summed E-state index contributed by atoms with van der Waals surface area (Å²) in [5, 5.41) is 11.3. The average molecular weight is 579 g/mol. The zero-order chi connectivity index (χ0) is 29.9. The number of nitrogens with zero attached hydrogens (tertiary/aromatic N) is 6. The molecule has 228 valence electrons. The lowest BCUT2D eigenvalue weighted by molar-refractivity contribution is -0.0784. The highest BCUT2D eigenvalue weighted by Gasteiger charge is 2.48. The average Bonchev–Trinajstić information content (AvgIpc) is 3.30. The van der Waals surface area contributed by atoms with Crippen LogP contribution in [0.4, 0.5) is 25.9 Å². The number of methoxy groups -OCH3 is 1. The van der Waals surface area contributed by atoms with E-state index < -0.39 is 30.1 Å². The van der Waals surface area contributed by atoms with Crippen molar-refractivity contribution in [3.63, 3.8) is 0 Å². The van der Waals surface area contributed by atoms with E-state index in [1.54, 1.807) is 37.3 Å². The van der Waals surface area contributed by atoms with Crippen LogP contribution in [0.25, 0.3) is 5.65 Å². The van der Waals surface area contributed by atoms with E-state index in [0.29, 0.717) is 44.4 Å². The van der Waals surface area contributed by atoms with Crippen molar-refractivity contribution in [2.24, 2.45) is 0 Å². The lowest BCUT2D eigenvalue weighted by atomic mass is 9.98. The molecule has 4 heterocycles. The largest absolute Gasteiger partial charge is 0.446 e. The number of aromatic nitrogens is 4. The molecule has 2 amide bonds. The number of likely N-dealkylation sites (tertiary alicyclic amines) is 2. The molecule has 0 saturated carbocycles. The molecule has 14 heteroatoms. The molecule has 4 rings (SSSR count). The summed E-state index contributed by atoms with van der Waals surface area (Å²) >= 11 is 0. The van der Waals surface area contributed by atoms with Crippen molar-refractivity contribution in [1.29, 1.82) is 0 Å². The first kappa shape index (κ1) is 30.5. The van der Waals surface area contributed by atoms with Crippen LogP contribution in [0.1, 0.15) is 65.9 Å². The fraction of sp³-hybridized carbons (Fsp3) is 0.741. The van der Waals surface area contributed by atoms with Gasteiger partial charge in [0.05, 0.1) is 25.9 Å². The van der Waals surface area contributed by atoms with Gasteiger partial charge in [-0.05, 0) is 46.5 Å². The molecule has 0 aliphatic carbocycles. The first-order chi connectivity index (χ1) is 19.3. The maximum atomic E-state index is 14.9. The van der Waals surface area contributed by atoms with Gasteiger partial charge in [0.25, 0.3) is 0 Å². The Kier molecular flexibility index (Phi) is 9.10. The molecular weight excluding hydrogens is 535 g/mol. The number of carbonyl (C=O) groups excluding carboxylic acids is 2. The summed E-state index contributed by atoms with van der Waals surface area (Å²) in [7, 11) is 1.65. The minimum Gasteiger partial charge on any atom is -0.446 e. The van der Waals surface area contributed by atoms with Gasteiger partial charge in [0.15, 0.2) is 11.3 Å². The molecule has 2 aliphatic rings. The molecule has 0 aromatic carbocycles. The molecule has 2 saturated heterocycles. The van der Waals surface area contributed by atoms with Crippen LogP contribution in [-0.2, 0) is 14.2 Å². The molecule has 1 atom stereocenters. The number of rotatable bonds is 9. The number of anilines is 2. The summed E-state index contributed by atoms with van der Waals surface area (Å²) in [4.78, 5) is 36.9. The molecular formula is C27H43FN8O5. The van der Waals surface area contributed by atoms with E-state index in [1.165, 1.54) is 4.90 Å². The van der Waals surface area contributed by atoms with Crippen molar-refractivity contribution in [3.05, 3.63) is 11.8 Å². The van der Waals surface area contributed by atoms with Gasteiger partial charge in [-0.2, -0.15) is 19.6 Å². The van der Waals surface area contributed by atoms with Gasteiger partial charge in [-0.1, -0.05) is 13.8 Å². The molecule has 2 aromatic heterocycles. The Labute approximate surface area is 240 Å². The molecule has 0 unspecified atom stereocenters. The van der Waals surface area contributed by atoms with Crippen LogP contribution in [0.15, 0.2) is 6.20 Å². The summed E-state index contributed by atoms with van der Waals surface area (Å²) < 4.78 is 32.4. The van der Waals surface area contributed by atoms with E-state index in [-0.39, 0.29) is 31.1 Å². The minimum absolute atomic E-state index is 0.0127. The monoisotopic (exact) mass is 578 g/mol. The van der Waals surface area contributed by atoms with Crippen molar-refractivity contribution in [3.8, 4) is 0 Å². The highest BCUT2D eigenvalue weighted by atomic mass is 19.1. The smallest absolute Gasteiger partial charge is 0.410 e. The first-order valence-electron chi connectivity index (χ1n) is 14.1. The predicted octanol–water partition coefficient (Wildman–Crippen LogP) is 3.67. The lowest BCUT2D eigenvalue weighted by Gasteiger charge is -2.44. The van der Waals surface area contributed by atoms with E-state index in [0.717, 1.165) is 11.2 Å². The summed E-state index contributed by atoms with van der Waals surface area (Å²) in [5.41, 5.74) is -0.681. The summed E-state index contributed by atoms with van der Waals surface area (Å²) in [5.74, 6) is 1.28. The molecule has 2 N–H and O–H groups in total. The molecule has 2 aliphatic heterocycles. The van der Waals surface area contributed by atoms with Gasteiger partial charge in [-0.3, -0.25) is 0 Å². The second kappa shape index (κ2) is 12.2. The number of carbonyl (C=O) groups is 2. The Morgan fingerprint density at radius 3 is 2.41 bits per heavy atom. The Balaban J connectivity index is 1.30. The van der Waals surface area contributed by atoms with Gasteiger partial charge in [0.1, 0.15) is 12.2 Å². The van der Waals surface area contributed by atoms with Crippen LogP contribution >= 0.6 is 0 Å². The summed E-state index contributed by atoms with van der Waals surface area (Å²) in [6.45, 7) is 12.1. The van der Waals surface area contributed by atoms with Gasteiger partial charge < -0.3 is 34.6 Å². The number of amides is 2. The normalized spacial score (nSPS) is 18.3. The van der Waals surface area contributed by atoms with Crippen LogP contribution in [-0.4, -0.2) is 111 Å². The van der Waals surface area contributed by atoms with E-state index >= 15 is 0 Å². The van der Waals surface area contributed by atoms with Crippen LogP contribution in [0.3, 0.4) is 0 Å². The first-order valence-corrected chi connectivity index (χ1v) is 14.1. The zero-order valence-electron chi connectivity index (χ0n) is 25.1. The number of ether oxygens (including phenoxy) is 3. The topological polar surface area (TPSA) is 135 Å². The van der Waals surface area contributed by atoms with Crippen molar-refractivity contribution in [2.75, 3.05) is 57.1 Å². The maximum Gasteiger partial charge on any atom is 0.410 e. The number of hydrogen-bond donors (Lipinski definition) is 2. The van der Waals surface area contributed by atoms with Gasteiger partial charge in [-0.25, -0.2) is 14.0 Å². The second-order valence-electron chi connectivity index (χ2n) is 12.3. The number of alkyl halides is 1. The standard InChI is InChI=1S/C27H43FN8O5/c1-17(2)20-12-29-36-21(20)32-22(30-18(3)13-39-7)33-23(36)31-19-8-10-34(11-9-19)24(37)40-16-27(28)14-35(15-27)25(38)41-26(4,5)6/h12,17-19H,8-11,13-16H2,1-7H3,(H2,30,31,32,33)/t18-/m0/s1. The lowest BCUT2D eigenvalue weighted by Crippen LogP contribution is -2.64. The molecule has 41 heavy (non-hydrogen) atoms. The highest BCUT2D eigenvalue weighted by Crippen LogP contribution is 2.28. The molecule has 0 bridgehead atoms. The summed E-state index contributed by atoms with van der Waals surface area (Å²) in [6, 6.07) is 0.0494. The van der Waals surface area contributed by atoms with Crippen LogP contribution < -0.4 is 10.6 Å². The van der Waals surface area contributed by atoms with E-state index in [9.17, 15) is 14.0 Å². The Morgan fingerprint density at radius 1 is 1.12 bits per heavy atom. The zero-order valence-corrected chi connectivity index (χ0v) is 25.1. The Bertz CT molecular complexity index is 1220. The van der Waals surface area contributed by atoms with E-state index in [4.69, 9.17) is 19.2 Å². The SMILES string of the molecule is COC[C@H](C)Nc1nc(NC2CCN(C(=O)OCC3(F)CN(C(=O)OC(C)(C)C)C3)CC2)n2ncc(C(C)C)c2n1. The van der Waals surface area contributed by atoms with Gasteiger partial charge in [-0.15, -0.1) is 0 Å². The van der Waals surface area contributed by atoms with Crippen LogP contribution in [0.2, 0.25) is 0 Å². The predicted molar refractivity (Wildman–Crippen MR) is 151 cm³/mol. The molecule has 2 fully saturated rings. The second-order valence-corrected chi connectivity index (χ2v) is 12.3. The number of nitrogens with one attached hydrogen (secondary N) is 2. The quantitative estimate of drug-likeness (QED) is 0.454. The minimum atomic E-state index is -1.77. The van der Waals surface area contributed by atoms with Gasteiger partial charge in [0.2, 0.25) is 11.9 Å². The number of fused-ring (bicyclic) bond motifs is 1. The Hall–Kier alpha value is -3.42. The number of piperidine rings is 1. The molecule has 0 spiro atoms. The van der Waals surface area contributed by atoms with E-state index in [2.05, 4.69) is 34.6 Å². The van der Waals surface area contributed by atoms with Crippen molar-refractivity contribution in [2.45, 2.75) is 83.7 Å². The van der Waals surface area contributed by atoms with Crippen LogP contribution in [0, 0.1) is 0 Å². The fourth-order valence-corrected chi connectivity index (χ4v) is 4.83. The fourth-order valence-electron chi connectivity index (χ4n) is 4.83. The Morgan fingerprint density at radius 2 is 1.80 bits per heavy atom. The van der Waals surface area contributed by atoms with Crippen LogP contribution in [0.5, 0.6) is 0 Å². The summed E-state index contributed by atoms with van der Waals surface area (Å²) in [6.07, 6.45) is 1.97. The van der Waals surface area contributed by atoms with Crippen molar-refractivity contribution < 1.29 is 28.2 Å². The molecule has 13 nitrogen and oxygen atoms in total. The molecule has 0 radical (unpaired) electrons. The van der Waals surface area contributed by atoms with Crippen molar-refractivity contribution in [1.82, 2.24) is 29.4 Å². The third-order valence-corrected chi connectivity index (χ3v) is 6.95.